The van der Waals surface area contributed by atoms with Crippen LogP contribution in [0, 0.1) is 11.3 Å². The molecule has 4 aromatic rings. The summed E-state index contributed by atoms with van der Waals surface area (Å²) in [6.07, 6.45) is 0. The highest BCUT2D eigenvalue weighted by atomic mass is 32.2. The summed E-state index contributed by atoms with van der Waals surface area (Å²) in [6, 6.07) is 19.7. The van der Waals surface area contributed by atoms with Crippen LogP contribution in [0.5, 0.6) is 0 Å². The minimum absolute atomic E-state index is 0.0824. The first-order valence-electron chi connectivity index (χ1n) is 11.2. The number of rotatable bonds is 8. The number of hydrogen-bond acceptors (Lipinski definition) is 5. The standard InChI is InChI=1S/C26H25F2N5O2S/c1-4-32(3)36(34,35)21-12-10-20(11-13-21)30-25-31-23-15-18(16-29)9-14-24(23)33(25)17-19-7-5-6-8-22(19)26(2,27)28/h5-15H,4,17H2,1-3H3,(H,30,31). The van der Waals surface area contributed by atoms with Gasteiger partial charge in [-0.1, -0.05) is 31.2 Å². The van der Waals surface area contributed by atoms with Gasteiger partial charge in [0.15, 0.2) is 0 Å². The van der Waals surface area contributed by atoms with Crippen molar-refractivity contribution in [1.29, 1.82) is 5.26 Å². The number of fused-ring (bicyclic) bond motifs is 1. The Labute approximate surface area is 208 Å². The lowest BCUT2D eigenvalue weighted by atomic mass is 10.0. The maximum Gasteiger partial charge on any atom is 0.270 e. The zero-order valence-electron chi connectivity index (χ0n) is 20.0. The van der Waals surface area contributed by atoms with Gasteiger partial charge in [0.1, 0.15) is 0 Å². The lowest BCUT2D eigenvalue weighted by molar-refractivity contribution is 0.0165. The third-order valence-corrected chi connectivity index (χ3v) is 7.91. The van der Waals surface area contributed by atoms with Crippen LogP contribution in [0.15, 0.2) is 71.6 Å². The van der Waals surface area contributed by atoms with E-state index in [1.807, 2.05) is 0 Å². The van der Waals surface area contributed by atoms with E-state index in [1.165, 1.54) is 29.6 Å². The van der Waals surface area contributed by atoms with Crippen molar-refractivity contribution in [2.75, 3.05) is 18.9 Å². The van der Waals surface area contributed by atoms with Crippen LogP contribution in [-0.4, -0.2) is 35.9 Å². The Morgan fingerprint density at radius 3 is 2.44 bits per heavy atom. The van der Waals surface area contributed by atoms with Crippen molar-refractivity contribution in [2.45, 2.75) is 31.2 Å². The van der Waals surface area contributed by atoms with Gasteiger partial charge in [0, 0.05) is 31.8 Å². The summed E-state index contributed by atoms with van der Waals surface area (Å²) in [7, 11) is -2.08. The normalized spacial score (nSPS) is 12.1. The molecule has 4 rings (SSSR count). The molecule has 186 valence electrons. The minimum atomic E-state index is -3.59. The van der Waals surface area contributed by atoms with Crippen molar-refractivity contribution < 1.29 is 17.2 Å². The van der Waals surface area contributed by atoms with Crippen LogP contribution >= 0.6 is 0 Å². The third-order valence-electron chi connectivity index (χ3n) is 5.96. The second-order valence-corrected chi connectivity index (χ2v) is 10.5. The van der Waals surface area contributed by atoms with Gasteiger partial charge in [-0.15, -0.1) is 0 Å². The van der Waals surface area contributed by atoms with Crippen LogP contribution in [0.2, 0.25) is 0 Å². The Hall–Kier alpha value is -3.81. The smallest absolute Gasteiger partial charge is 0.270 e. The maximum absolute atomic E-state index is 14.3. The number of aromatic nitrogens is 2. The molecular weight excluding hydrogens is 484 g/mol. The predicted octanol–water partition coefficient (Wildman–Crippen LogP) is 5.45. The number of anilines is 2. The lowest BCUT2D eigenvalue weighted by Crippen LogP contribution is -2.26. The van der Waals surface area contributed by atoms with Gasteiger partial charge < -0.3 is 9.88 Å². The third kappa shape index (κ3) is 4.94. The molecule has 7 nitrogen and oxygen atoms in total. The topological polar surface area (TPSA) is 91.0 Å². The van der Waals surface area contributed by atoms with Crippen molar-refractivity contribution >= 4 is 32.7 Å². The average molecular weight is 510 g/mol. The molecule has 0 radical (unpaired) electrons. The monoisotopic (exact) mass is 509 g/mol. The Balaban J connectivity index is 1.76. The average Bonchev–Trinajstić information content (AvgIpc) is 3.19. The first-order valence-corrected chi connectivity index (χ1v) is 12.7. The quantitative estimate of drug-likeness (QED) is 0.341. The van der Waals surface area contributed by atoms with Crippen molar-refractivity contribution in [3.8, 4) is 6.07 Å². The van der Waals surface area contributed by atoms with Crippen LogP contribution < -0.4 is 5.32 Å². The summed E-state index contributed by atoms with van der Waals surface area (Å²) in [6.45, 7) is 3.07. The highest BCUT2D eigenvalue weighted by Crippen LogP contribution is 2.32. The van der Waals surface area contributed by atoms with Gasteiger partial charge in [0.05, 0.1) is 34.1 Å². The highest BCUT2D eigenvalue weighted by molar-refractivity contribution is 7.89. The summed E-state index contributed by atoms with van der Waals surface area (Å²) >= 11 is 0. The van der Waals surface area contributed by atoms with Gasteiger partial charge in [-0.25, -0.2) is 26.5 Å². The summed E-state index contributed by atoms with van der Waals surface area (Å²) in [5.41, 5.74) is 2.53. The maximum atomic E-state index is 14.3. The lowest BCUT2D eigenvalue weighted by Gasteiger charge is -2.18. The van der Waals surface area contributed by atoms with Gasteiger partial charge >= 0.3 is 0 Å². The fraction of sp³-hybridized carbons (Fsp3) is 0.231. The van der Waals surface area contributed by atoms with E-state index < -0.39 is 15.9 Å². The first kappa shape index (κ1) is 25.3. The number of halogens is 2. The number of hydrogen-bond donors (Lipinski definition) is 1. The van der Waals surface area contributed by atoms with Crippen molar-refractivity contribution in [2.24, 2.45) is 0 Å². The van der Waals surface area contributed by atoms with E-state index in [1.54, 1.807) is 60.0 Å². The Bertz CT molecular complexity index is 1550. The zero-order valence-corrected chi connectivity index (χ0v) is 20.9. The number of sulfonamides is 1. The van der Waals surface area contributed by atoms with Crippen molar-refractivity contribution in [3.63, 3.8) is 0 Å². The second-order valence-electron chi connectivity index (χ2n) is 8.45. The zero-order chi connectivity index (χ0) is 26.1. The number of nitrogens with one attached hydrogen (secondary N) is 1. The van der Waals surface area contributed by atoms with E-state index in [0.717, 1.165) is 6.92 Å². The molecule has 0 bridgehead atoms. The van der Waals surface area contributed by atoms with E-state index in [-0.39, 0.29) is 17.0 Å². The van der Waals surface area contributed by atoms with Crippen LogP contribution in [0.4, 0.5) is 20.4 Å². The molecule has 0 amide bonds. The molecule has 0 saturated carbocycles. The van der Waals surface area contributed by atoms with Crippen LogP contribution in [0.1, 0.15) is 30.5 Å². The predicted molar refractivity (Wildman–Crippen MR) is 135 cm³/mol. The fourth-order valence-electron chi connectivity index (χ4n) is 3.90. The number of nitrogens with zero attached hydrogens (tertiary/aromatic N) is 4. The van der Waals surface area contributed by atoms with Crippen LogP contribution in [0.3, 0.4) is 0 Å². The molecule has 36 heavy (non-hydrogen) atoms. The fourth-order valence-corrected chi connectivity index (χ4v) is 5.08. The minimum Gasteiger partial charge on any atom is -0.326 e. The molecule has 1 aromatic heterocycles. The van der Waals surface area contributed by atoms with E-state index in [0.29, 0.717) is 40.3 Å². The SMILES string of the molecule is CCN(C)S(=O)(=O)c1ccc(Nc2nc3cc(C#N)ccc3n2Cc2ccccc2C(C)(F)F)cc1. The van der Waals surface area contributed by atoms with Gasteiger partial charge in [-0.3, -0.25) is 0 Å². The molecule has 1 heterocycles. The van der Waals surface area contributed by atoms with Crippen LogP contribution in [-0.2, 0) is 22.5 Å². The molecule has 0 aliphatic heterocycles. The number of benzene rings is 3. The van der Waals surface area contributed by atoms with Crippen LogP contribution in [0.25, 0.3) is 11.0 Å². The van der Waals surface area contributed by atoms with E-state index in [4.69, 9.17) is 0 Å². The number of alkyl halides is 2. The molecule has 0 aliphatic rings. The second kappa shape index (κ2) is 9.68. The summed E-state index contributed by atoms with van der Waals surface area (Å²) in [4.78, 5) is 4.76. The molecule has 0 saturated heterocycles. The summed E-state index contributed by atoms with van der Waals surface area (Å²) < 4.78 is 56.8. The highest BCUT2D eigenvalue weighted by Gasteiger charge is 2.27. The van der Waals surface area contributed by atoms with Crippen molar-refractivity contribution in [1.82, 2.24) is 13.9 Å². The van der Waals surface area contributed by atoms with Crippen molar-refractivity contribution in [3.05, 3.63) is 83.4 Å². The molecule has 1 N–H and O–H groups in total. The molecule has 10 heteroatoms. The molecular formula is C26H25F2N5O2S. The Morgan fingerprint density at radius 2 is 1.81 bits per heavy atom. The summed E-state index contributed by atoms with van der Waals surface area (Å²) in [5.74, 6) is -2.66. The van der Waals surface area contributed by atoms with Gasteiger partial charge in [0.2, 0.25) is 16.0 Å². The Kier molecular flexibility index (Phi) is 6.80. The van der Waals surface area contributed by atoms with E-state index in [9.17, 15) is 22.5 Å². The number of imidazole rings is 1. The van der Waals surface area contributed by atoms with Gasteiger partial charge in [-0.2, -0.15) is 5.26 Å². The molecule has 3 aromatic carbocycles. The van der Waals surface area contributed by atoms with E-state index >= 15 is 0 Å². The van der Waals surface area contributed by atoms with Gasteiger partial charge in [-0.05, 0) is 48.0 Å². The molecule has 0 aliphatic carbocycles. The largest absolute Gasteiger partial charge is 0.326 e. The number of nitriles is 1. The molecule has 0 unspecified atom stereocenters. The summed E-state index contributed by atoms with van der Waals surface area (Å²) in [5, 5.41) is 12.5. The van der Waals surface area contributed by atoms with E-state index in [2.05, 4.69) is 16.4 Å². The Morgan fingerprint density at radius 1 is 1.11 bits per heavy atom. The first-order chi connectivity index (χ1) is 17.0. The van der Waals surface area contributed by atoms with Gasteiger partial charge in [0.25, 0.3) is 5.92 Å². The molecule has 0 spiro atoms. The molecule has 0 fully saturated rings. The molecule has 0 atom stereocenters.